The van der Waals surface area contributed by atoms with E-state index in [0.29, 0.717) is 5.56 Å². The number of carbonyl (C=O) groups is 1. The molecule has 2 N–H and O–H groups in total. The molecule has 0 aliphatic rings. The van der Waals surface area contributed by atoms with Crippen LogP contribution in [0.5, 0.6) is 0 Å². The first-order valence-corrected chi connectivity index (χ1v) is 6.46. The molecule has 2 aromatic heterocycles. The molecule has 6 nitrogen and oxygen atoms in total. The van der Waals surface area contributed by atoms with E-state index in [-0.39, 0.29) is 18.7 Å². The number of carboxylic acid groups (broad SMARTS) is 1. The number of hydrogen-bond donors (Lipinski definition) is 2. The number of hydrogen-bond acceptors (Lipinski definition) is 4. The topological polar surface area (TPSA) is 88.2 Å². The van der Waals surface area contributed by atoms with Gasteiger partial charge in [0.05, 0.1) is 5.69 Å². The first-order chi connectivity index (χ1) is 10.2. The smallest absolute Gasteiger partial charge is 0.356 e. The lowest BCUT2D eigenvalue weighted by atomic mass is 10.1. The van der Waals surface area contributed by atoms with E-state index in [9.17, 15) is 9.90 Å². The fraction of sp³-hybridized carbons (Fsp3) is 0.133. The summed E-state index contributed by atoms with van der Waals surface area (Å²) in [4.78, 5) is 15.3. The third kappa shape index (κ3) is 2.36. The number of aliphatic hydroxyl groups is 1. The second kappa shape index (κ2) is 5.34. The van der Waals surface area contributed by atoms with Gasteiger partial charge in [0.15, 0.2) is 5.69 Å². The van der Waals surface area contributed by atoms with Crippen LogP contribution in [-0.4, -0.2) is 37.6 Å². The molecule has 0 aliphatic carbocycles. The minimum absolute atomic E-state index is 0.0371. The van der Waals surface area contributed by atoms with Crippen molar-refractivity contribution in [2.75, 3.05) is 6.61 Å². The highest BCUT2D eigenvalue weighted by Crippen LogP contribution is 2.22. The first kappa shape index (κ1) is 13.3. The number of pyridine rings is 1. The van der Waals surface area contributed by atoms with Crippen LogP contribution >= 0.6 is 0 Å². The molecule has 0 spiro atoms. The van der Waals surface area contributed by atoms with Crippen molar-refractivity contribution in [2.24, 2.45) is 0 Å². The van der Waals surface area contributed by atoms with Crippen LogP contribution in [0.1, 0.15) is 16.1 Å². The zero-order valence-electron chi connectivity index (χ0n) is 11.1. The van der Waals surface area contributed by atoms with Gasteiger partial charge in [-0.3, -0.25) is 4.98 Å². The maximum absolute atomic E-state index is 11.2. The highest BCUT2D eigenvalue weighted by Gasteiger charge is 2.16. The summed E-state index contributed by atoms with van der Waals surface area (Å²) in [6.45, 7) is -0.122. The minimum atomic E-state index is -1.10. The molecule has 21 heavy (non-hydrogen) atoms. The van der Waals surface area contributed by atoms with Gasteiger partial charge in [0.1, 0.15) is 0 Å². The van der Waals surface area contributed by atoms with Gasteiger partial charge in [-0.1, -0.05) is 12.1 Å². The van der Waals surface area contributed by atoms with Gasteiger partial charge in [-0.05, 0) is 23.9 Å². The molecule has 106 valence electrons. The van der Waals surface area contributed by atoms with Crippen molar-refractivity contribution in [3.05, 3.63) is 54.1 Å². The Kier molecular flexibility index (Phi) is 3.37. The van der Waals surface area contributed by atoms with Crippen LogP contribution in [0, 0.1) is 0 Å². The van der Waals surface area contributed by atoms with E-state index in [4.69, 9.17) is 5.11 Å². The maximum Gasteiger partial charge on any atom is 0.356 e. The van der Waals surface area contributed by atoms with Crippen molar-refractivity contribution < 1.29 is 15.0 Å². The normalized spacial score (nSPS) is 10.9. The van der Waals surface area contributed by atoms with E-state index in [0.717, 1.165) is 16.5 Å². The zero-order valence-corrected chi connectivity index (χ0v) is 11.1. The molecule has 0 unspecified atom stereocenters. The number of nitrogens with zero attached hydrogens (tertiary/aromatic N) is 3. The predicted octanol–water partition coefficient (Wildman–Crippen LogP) is 1.65. The Morgan fingerprint density at radius 2 is 2.14 bits per heavy atom. The number of benzene rings is 1. The lowest BCUT2D eigenvalue weighted by Gasteiger charge is -2.05. The molecule has 3 aromatic rings. The second-order valence-electron chi connectivity index (χ2n) is 4.60. The molecule has 1 aromatic carbocycles. The van der Waals surface area contributed by atoms with Crippen molar-refractivity contribution >= 4 is 16.7 Å². The Hall–Kier alpha value is -2.73. The number of aliphatic hydroxyl groups excluding tert-OH is 1. The van der Waals surface area contributed by atoms with E-state index in [1.54, 1.807) is 18.6 Å². The third-order valence-electron chi connectivity index (χ3n) is 3.28. The number of aromatic carboxylic acids is 1. The molecule has 0 radical (unpaired) electrons. The Balaban J connectivity index is 2.19. The highest BCUT2D eigenvalue weighted by atomic mass is 16.4. The Morgan fingerprint density at radius 1 is 1.29 bits per heavy atom. The first-order valence-electron chi connectivity index (χ1n) is 6.46. The van der Waals surface area contributed by atoms with E-state index in [1.807, 2.05) is 24.3 Å². The summed E-state index contributed by atoms with van der Waals surface area (Å²) in [5.74, 6) is -1.10. The summed E-state index contributed by atoms with van der Waals surface area (Å²) in [6, 6.07) is 7.57. The van der Waals surface area contributed by atoms with Gasteiger partial charge in [0.25, 0.3) is 0 Å². The number of rotatable bonds is 4. The van der Waals surface area contributed by atoms with Crippen LogP contribution in [0.2, 0.25) is 0 Å². The molecule has 0 fully saturated rings. The number of carboxylic acids is 1. The molecule has 0 amide bonds. The van der Waals surface area contributed by atoms with Crippen LogP contribution in [0.4, 0.5) is 0 Å². The highest BCUT2D eigenvalue weighted by molar-refractivity contribution is 5.90. The van der Waals surface area contributed by atoms with Crippen LogP contribution < -0.4 is 0 Å². The van der Waals surface area contributed by atoms with E-state index in [1.165, 1.54) is 4.68 Å². The van der Waals surface area contributed by atoms with Crippen molar-refractivity contribution in [2.45, 2.75) is 6.42 Å². The molecular formula is C15H13N3O3. The van der Waals surface area contributed by atoms with Gasteiger partial charge in [-0.2, -0.15) is 5.10 Å². The maximum atomic E-state index is 11.2. The average molecular weight is 283 g/mol. The van der Waals surface area contributed by atoms with Crippen molar-refractivity contribution in [3.8, 4) is 5.69 Å². The summed E-state index contributed by atoms with van der Waals surface area (Å²) in [7, 11) is 0. The summed E-state index contributed by atoms with van der Waals surface area (Å²) in [5, 5.41) is 24.2. The molecule has 0 bridgehead atoms. The Morgan fingerprint density at radius 3 is 2.90 bits per heavy atom. The van der Waals surface area contributed by atoms with Gasteiger partial charge < -0.3 is 10.2 Å². The molecule has 0 saturated carbocycles. The third-order valence-corrected chi connectivity index (χ3v) is 3.28. The average Bonchev–Trinajstić information content (AvgIpc) is 2.91. The van der Waals surface area contributed by atoms with E-state index in [2.05, 4.69) is 10.1 Å². The zero-order chi connectivity index (χ0) is 14.8. The van der Waals surface area contributed by atoms with E-state index >= 15 is 0 Å². The fourth-order valence-corrected chi connectivity index (χ4v) is 2.31. The van der Waals surface area contributed by atoms with Crippen LogP contribution in [0.25, 0.3) is 16.5 Å². The summed E-state index contributed by atoms with van der Waals surface area (Å²) in [5.41, 5.74) is 1.23. The standard InChI is InChI=1S/C15H13N3O3/c19-7-5-11-9-18(17-14(11)15(20)21)13-3-1-2-10-4-6-16-8-12(10)13/h1-4,6,8-9,19H,5,7H2,(H,20,21). The van der Waals surface area contributed by atoms with Gasteiger partial charge in [-0.25, -0.2) is 9.48 Å². The molecule has 2 heterocycles. The molecule has 0 saturated heterocycles. The minimum Gasteiger partial charge on any atom is -0.476 e. The van der Waals surface area contributed by atoms with Gasteiger partial charge in [-0.15, -0.1) is 0 Å². The van der Waals surface area contributed by atoms with Gasteiger partial charge in [0, 0.05) is 36.1 Å². The fourth-order valence-electron chi connectivity index (χ4n) is 2.31. The lowest BCUT2D eigenvalue weighted by Crippen LogP contribution is -2.04. The molecule has 0 atom stereocenters. The van der Waals surface area contributed by atoms with Crippen LogP contribution in [0.15, 0.2) is 42.9 Å². The van der Waals surface area contributed by atoms with Crippen LogP contribution in [-0.2, 0) is 6.42 Å². The summed E-state index contributed by atoms with van der Waals surface area (Å²) >= 11 is 0. The van der Waals surface area contributed by atoms with Crippen molar-refractivity contribution in [1.29, 1.82) is 0 Å². The monoisotopic (exact) mass is 283 g/mol. The summed E-state index contributed by atoms with van der Waals surface area (Å²) < 4.78 is 1.53. The SMILES string of the molecule is O=C(O)c1nn(-c2cccc3ccncc23)cc1CCO. The van der Waals surface area contributed by atoms with Gasteiger partial charge in [0.2, 0.25) is 0 Å². The quantitative estimate of drug-likeness (QED) is 0.760. The van der Waals surface area contributed by atoms with E-state index < -0.39 is 5.97 Å². The predicted molar refractivity (Wildman–Crippen MR) is 76.6 cm³/mol. The molecule has 3 rings (SSSR count). The van der Waals surface area contributed by atoms with Gasteiger partial charge >= 0.3 is 5.97 Å². The largest absolute Gasteiger partial charge is 0.476 e. The lowest BCUT2D eigenvalue weighted by molar-refractivity contribution is 0.0688. The Bertz CT molecular complexity index is 806. The van der Waals surface area contributed by atoms with Crippen LogP contribution in [0.3, 0.4) is 0 Å². The number of aromatic nitrogens is 3. The molecule has 6 heteroatoms. The second-order valence-corrected chi connectivity index (χ2v) is 4.60. The number of fused-ring (bicyclic) bond motifs is 1. The molecular weight excluding hydrogens is 270 g/mol. The molecule has 0 aliphatic heterocycles. The van der Waals surface area contributed by atoms with Crippen molar-refractivity contribution in [3.63, 3.8) is 0 Å². The summed E-state index contributed by atoms with van der Waals surface area (Å²) in [6.07, 6.45) is 5.32. The van der Waals surface area contributed by atoms with Crippen molar-refractivity contribution in [1.82, 2.24) is 14.8 Å². The Labute approximate surface area is 120 Å².